The molecule has 0 spiro atoms. The molecule has 6 rings (SSSR count). The molecule has 2 aliphatic carbocycles. The fourth-order valence-corrected chi connectivity index (χ4v) is 18.5. The molecule has 0 saturated carbocycles. The molecule has 0 aromatic heterocycles. The first kappa shape index (κ1) is 40.5. The summed E-state index contributed by atoms with van der Waals surface area (Å²) < 4.78 is 4.07. The van der Waals surface area contributed by atoms with Gasteiger partial charge in [0.15, 0.2) is 0 Å². The Balaban J connectivity index is 0.00000281. The van der Waals surface area contributed by atoms with Gasteiger partial charge in [0.1, 0.15) is 0 Å². The van der Waals surface area contributed by atoms with Crippen LogP contribution in [-0.2, 0) is 32.1 Å². The van der Waals surface area contributed by atoms with E-state index in [1.807, 2.05) is 3.21 Å². The molecule has 0 unspecified atom stereocenters. The van der Waals surface area contributed by atoms with Crippen LogP contribution in [0.4, 0.5) is 0 Å². The van der Waals surface area contributed by atoms with Crippen LogP contribution in [0.5, 0.6) is 0 Å². The van der Waals surface area contributed by atoms with Crippen LogP contribution in [0.15, 0.2) is 94.3 Å². The molecule has 3 heteroatoms. The van der Waals surface area contributed by atoms with Gasteiger partial charge in [0, 0.05) is 0 Å². The fraction of sp³-hybridized carbons (Fsp3) is 0.383. The van der Waals surface area contributed by atoms with E-state index >= 15 is 0 Å². The minimum Gasteiger partial charge on any atom is -1.00 e. The molecule has 0 radical (unpaired) electrons. The fourth-order valence-electron chi connectivity index (χ4n) is 8.57. The normalized spacial score (nSPS) is 13.7. The van der Waals surface area contributed by atoms with Gasteiger partial charge in [-0.25, -0.2) is 0 Å². The average molecular weight is 783 g/mol. The maximum Gasteiger partial charge on any atom is -1.00 e. The number of rotatable bonds is 6. The summed E-state index contributed by atoms with van der Waals surface area (Å²) in [4.78, 5) is 0. The van der Waals surface area contributed by atoms with Crippen molar-refractivity contribution in [2.24, 2.45) is 11.8 Å². The predicted molar refractivity (Wildman–Crippen MR) is 208 cm³/mol. The average Bonchev–Trinajstić information content (AvgIpc) is 3.64. The van der Waals surface area contributed by atoms with Crippen LogP contribution in [0, 0.1) is 25.7 Å². The minimum atomic E-state index is -2.54. The SMILES string of the molecule is Cc1ccccc1-c1cc2c(cc1C(C)(C)C)-c1cc(C(C)(C)C)c(-c3ccccc3C)cc1[CH]2[Zr+2]([C]1=CC=CC1)=[C](C(C)C)C(C)C.[Cl-].[Cl-]. The second kappa shape index (κ2) is 15.4. The molecule has 0 N–H and O–H groups in total. The minimum absolute atomic E-state index is 0. The summed E-state index contributed by atoms with van der Waals surface area (Å²) in [5, 5.41) is 0. The van der Waals surface area contributed by atoms with Gasteiger partial charge in [-0.2, -0.15) is 0 Å². The van der Waals surface area contributed by atoms with Crippen molar-refractivity contribution in [3.05, 3.63) is 128 Å². The second-order valence-electron chi connectivity index (χ2n) is 17.0. The molecule has 0 bridgehead atoms. The molecular formula is C47H56Cl2Zr. The number of hydrogen-bond acceptors (Lipinski definition) is 0. The van der Waals surface area contributed by atoms with Crippen LogP contribution in [0.2, 0.25) is 0 Å². The molecule has 0 aliphatic heterocycles. The van der Waals surface area contributed by atoms with Crippen molar-refractivity contribution in [2.45, 2.75) is 104 Å². The molecular weight excluding hydrogens is 727 g/mol. The Labute approximate surface area is 323 Å². The summed E-state index contributed by atoms with van der Waals surface area (Å²) in [6, 6.07) is 28.7. The summed E-state index contributed by atoms with van der Waals surface area (Å²) in [6.45, 7) is 28.8. The first-order valence-electron chi connectivity index (χ1n) is 18.2. The van der Waals surface area contributed by atoms with E-state index in [9.17, 15) is 0 Å². The molecule has 4 aromatic carbocycles. The largest absolute Gasteiger partial charge is 1.00 e. The first-order valence-corrected chi connectivity index (χ1v) is 22.1. The quantitative estimate of drug-likeness (QED) is 0.194. The van der Waals surface area contributed by atoms with Crippen molar-refractivity contribution >= 4 is 3.21 Å². The summed E-state index contributed by atoms with van der Waals surface area (Å²) in [5.41, 5.74) is 17.3. The summed E-state index contributed by atoms with van der Waals surface area (Å²) >= 11 is -2.54. The van der Waals surface area contributed by atoms with Crippen LogP contribution in [0.3, 0.4) is 0 Å². The third kappa shape index (κ3) is 7.45. The molecule has 4 aromatic rings. The van der Waals surface area contributed by atoms with Crippen LogP contribution in [0.25, 0.3) is 33.4 Å². The number of hydrogen-bond donors (Lipinski definition) is 0. The van der Waals surface area contributed by atoms with Crippen molar-refractivity contribution in [1.29, 1.82) is 0 Å². The number of allylic oxidation sites excluding steroid dienone is 4. The van der Waals surface area contributed by atoms with E-state index in [1.165, 1.54) is 55.6 Å². The Morgan fingerprint density at radius 1 is 0.600 bits per heavy atom. The number of fused-ring (bicyclic) bond motifs is 3. The molecule has 2 aliphatic rings. The molecule has 0 heterocycles. The van der Waals surface area contributed by atoms with Gasteiger partial charge in [-0.05, 0) is 0 Å². The molecule has 50 heavy (non-hydrogen) atoms. The molecule has 262 valence electrons. The predicted octanol–water partition coefficient (Wildman–Crippen LogP) is 7.26. The summed E-state index contributed by atoms with van der Waals surface area (Å²) in [7, 11) is 0. The van der Waals surface area contributed by atoms with Gasteiger partial charge in [-0.3, -0.25) is 0 Å². The van der Waals surface area contributed by atoms with E-state index in [-0.39, 0.29) is 35.6 Å². The second-order valence-corrected chi connectivity index (χ2v) is 23.5. The van der Waals surface area contributed by atoms with E-state index < -0.39 is 21.3 Å². The van der Waals surface area contributed by atoms with E-state index in [4.69, 9.17) is 0 Å². The molecule has 0 atom stereocenters. The van der Waals surface area contributed by atoms with Crippen molar-refractivity contribution < 1.29 is 46.1 Å². The summed E-state index contributed by atoms with van der Waals surface area (Å²) in [6.07, 6.45) is 8.39. The third-order valence-corrected chi connectivity index (χ3v) is 20.7. The zero-order valence-electron chi connectivity index (χ0n) is 32.4. The maximum atomic E-state index is 2.68. The van der Waals surface area contributed by atoms with Crippen LogP contribution >= 0.6 is 0 Å². The van der Waals surface area contributed by atoms with Crippen molar-refractivity contribution in [2.75, 3.05) is 0 Å². The van der Waals surface area contributed by atoms with Crippen molar-refractivity contribution in [3.63, 3.8) is 0 Å². The first-order chi connectivity index (χ1) is 22.6. The maximum absolute atomic E-state index is 2.68. The van der Waals surface area contributed by atoms with Crippen LogP contribution < -0.4 is 24.8 Å². The van der Waals surface area contributed by atoms with Gasteiger partial charge in [-0.1, -0.05) is 0 Å². The van der Waals surface area contributed by atoms with Crippen LogP contribution in [0.1, 0.15) is 113 Å². The molecule has 0 amide bonds. The standard InChI is InChI=1S/C35H37.C7H14.C5H5.2ClH.Zr/c1-22-13-9-11-15-26(22)30-18-24-17-25-19-31(27-16-12-10-14-23(27)2)33(35(6,7)8)21-29(25)28(24)20-32(30)34(3,4)5;1-6(2)5-7(3)4;1-2-4-5-3-1;;;/h9-21H,1-8H3;6-7H,1-4H3;1-3H,4H2;2*1H;/q;;;;;+2/p-2. The van der Waals surface area contributed by atoms with E-state index in [1.54, 1.807) is 14.4 Å². The van der Waals surface area contributed by atoms with E-state index in [2.05, 4.69) is 174 Å². The molecule has 0 nitrogen and oxygen atoms in total. The zero-order chi connectivity index (χ0) is 34.7. The Kier molecular flexibility index (Phi) is 12.4. The van der Waals surface area contributed by atoms with E-state index in [0.717, 1.165) is 6.42 Å². The van der Waals surface area contributed by atoms with Gasteiger partial charge < -0.3 is 24.8 Å². The number of halogens is 2. The Bertz CT molecular complexity index is 1870. The molecule has 0 fully saturated rings. The smallest absolute Gasteiger partial charge is 1.00 e. The van der Waals surface area contributed by atoms with Crippen molar-refractivity contribution in [3.8, 4) is 33.4 Å². The van der Waals surface area contributed by atoms with Gasteiger partial charge in [-0.15, -0.1) is 0 Å². The Hall–Kier alpha value is -2.31. The van der Waals surface area contributed by atoms with Crippen molar-refractivity contribution in [1.82, 2.24) is 0 Å². The van der Waals surface area contributed by atoms with Gasteiger partial charge >= 0.3 is 301 Å². The monoisotopic (exact) mass is 780 g/mol. The van der Waals surface area contributed by atoms with Gasteiger partial charge in [0.05, 0.1) is 0 Å². The van der Waals surface area contributed by atoms with Crippen LogP contribution in [-0.4, -0.2) is 3.21 Å². The topological polar surface area (TPSA) is 0 Å². The number of benzene rings is 4. The Morgan fingerprint density at radius 3 is 1.36 bits per heavy atom. The zero-order valence-corrected chi connectivity index (χ0v) is 36.3. The van der Waals surface area contributed by atoms with Gasteiger partial charge in [0.2, 0.25) is 0 Å². The van der Waals surface area contributed by atoms with E-state index in [0.29, 0.717) is 15.5 Å². The summed E-state index contributed by atoms with van der Waals surface area (Å²) in [5.74, 6) is 1.14. The third-order valence-electron chi connectivity index (χ3n) is 10.7. The molecule has 0 saturated heterocycles. The Morgan fingerprint density at radius 2 is 1.02 bits per heavy atom. The number of aryl methyl sites for hydroxylation is 2. The van der Waals surface area contributed by atoms with Gasteiger partial charge in [0.25, 0.3) is 0 Å².